The molecule has 0 atom stereocenters. The van der Waals surface area contributed by atoms with Crippen LogP contribution in [0, 0.1) is 10.8 Å². The molecule has 158 valence electrons. The second kappa shape index (κ2) is 6.75. The molecule has 0 amide bonds. The number of fused-ring (bicyclic) bond motifs is 5. The minimum atomic E-state index is 0.381. The SMILES string of the molecule is CC1(C)CB(c2ccc(-c3ccc4oc5ccc6ccccc6c5c4c3)cc2)CC1(C)C. The highest BCUT2D eigenvalue weighted by molar-refractivity contribution is 6.74. The van der Waals surface area contributed by atoms with Crippen molar-refractivity contribution in [1.82, 2.24) is 0 Å². The van der Waals surface area contributed by atoms with Gasteiger partial charge in [0.15, 0.2) is 6.71 Å². The molecular weight excluding hydrogens is 387 g/mol. The number of hydrogen-bond donors (Lipinski definition) is 0. The molecule has 2 heterocycles. The standard InChI is InChI=1S/C30H29BO/c1-29(2)18-31(19-30(29,3)4)23-13-9-20(10-14-23)22-12-15-26-25(17-22)28-24-8-6-5-7-21(24)11-16-27(28)32-26/h5-17H,18-19H2,1-4H3. The Labute approximate surface area is 190 Å². The lowest BCUT2D eigenvalue weighted by Gasteiger charge is -2.35. The van der Waals surface area contributed by atoms with E-state index in [9.17, 15) is 0 Å². The lowest BCUT2D eigenvalue weighted by atomic mass is 9.42. The van der Waals surface area contributed by atoms with E-state index in [0.29, 0.717) is 17.5 Å². The zero-order chi connectivity index (χ0) is 22.1. The van der Waals surface area contributed by atoms with Crippen molar-refractivity contribution in [3.8, 4) is 11.1 Å². The fraction of sp³-hybridized carbons (Fsp3) is 0.267. The van der Waals surface area contributed by atoms with E-state index in [1.165, 1.54) is 50.8 Å². The van der Waals surface area contributed by atoms with Gasteiger partial charge in [-0.2, -0.15) is 0 Å². The summed E-state index contributed by atoms with van der Waals surface area (Å²) in [7, 11) is 0. The van der Waals surface area contributed by atoms with Crippen LogP contribution in [0.25, 0.3) is 43.8 Å². The molecule has 1 nitrogen and oxygen atoms in total. The molecule has 0 spiro atoms. The molecule has 0 unspecified atom stereocenters. The third-order valence-corrected chi connectivity index (χ3v) is 8.42. The van der Waals surface area contributed by atoms with Gasteiger partial charge in [0.2, 0.25) is 0 Å². The molecule has 0 N–H and O–H groups in total. The summed E-state index contributed by atoms with van der Waals surface area (Å²) >= 11 is 0. The van der Waals surface area contributed by atoms with Gasteiger partial charge in [-0.1, -0.05) is 106 Å². The van der Waals surface area contributed by atoms with Gasteiger partial charge in [0.25, 0.3) is 0 Å². The first kappa shape index (κ1) is 19.7. The normalized spacial score (nSPS) is 17.6. The maximum atomic E-state index is 6.18. The second-order valence-corrected chi connectivity index (χ2v) is 11.0. The molecule has 1 aromatic heterocycles. The quantitative estimate of drug-likeness (QED) is 0.265. The van der Waals surface area contributed by atoms with Gasteiger partial charge in [-0.05, 0) is 50.9 Å². The first-order chi connectivity index (χ1) is 15.3. The smallest absolute Gasteiger partial charge is 0.176 e. The number of furan rings is 1. The van der Waals surface area contributed by atoms with Crippen molar-refractivity contribution in [2.45, 2.75) is 40.3 Å². The summed E-state index contributed by atoms with van der Waals surface area (Å²) in [5.41, 5.74) is 6.66. The Kier molecular flexibility index (Phi) is 4.15. The van der Waals surface area contributed by atoms with Crippen LogP contribution in [-0.2, 0) is 0 Å². The van der Waals surface area contributed by atoms with E-state index < -0.39 is 0 Å². The van der Waals surface area contributed by atoms with Crippen LogP contribution < -0.4 is 5.46 Å². The average molecular weight is 416 g/mol. The lowest BCUT2D eigenvalue weighted by Crippen LogP contribution is -2.27. The molecule has 0 saturated carbocycles. The van der Waals surface area contributed by atoms with Crippen molar-refractivity contribution in [2.24, 2.45) is 10.8 Å². The van der Waals surface area contributed by atoms with Gasteiger partial charge in [-0.15, -0.1) is 0 Å². The van der Waals surface area contributed by atoms with E-state index in [2.05, 4.69) is 107 Å². The summed E-state index contributed by atoms with van der Waals surface area (Å²) in [6.45, 7) is 10.4. The van der Waals surface area contributed by atoms with Crippen LogP contribution in [0.3, 0.4) is 0 Å². The third-order valence-electron chi connectivity index (χ3n) is 8.42. The fourth-order valence-electron chi connectivity index (χ4n) is 5.77. The first-order valence-electron chi connectivity index (χ1n) is 11.8. The van der Waals surface area contributed by atoms with Crippen molar-refractivity contribution in [3.05, 3.63) is 78.9 Å². The van der Waals surface area contributed by atoms with Crippen molar-refractivity contribution in [1.29, 1.82) is 0 Å². The Hall–Kier alpha value is -3.00. The van der Waals surface area contributed by atoms with Crippen LogP contribution in [0.1, 0.15) is 27.7 Å². The average Bonchev–Trinajstić information content (AvgIpc) is 3.26. The third kappa shape index (κ3) is 2.93. The Bertz CT molecular complexity index is 1450. The molecule has 0 bridgehead atoms. The highest BCUT2D eigenvalue weighted by Crippen LogP contribution is 2.52. The molecule has 5 aromatic rings. The highest BCUT2D eigenvalue weighted by Gasteiger charge is 2.47. The summed E-state index contributed by atoms with van der Waals surface area (Å²) < 4.78 is 6.18. The summed E-state index contributed by atoms with van der Waals surface area (Å²) in [6, 6.07) is 28.7. The van der Waals surface area contributed by atoms with E-state index in [0.717, 1.165) is 11.2 Å². The van der Waals surface area contributed by atoms with Gasteiger partial charge in [0.1, 0.15) is 11.2 Å². The Morgan fingerprint density at radius 2 is 1.31 bits per heavy atom. The van der Waals surface area contributed by atoms with E-state index >= 15 is 0 Å². The van der Waals surface area contributed by atoms with Gasteiger partial charge in [-0.25, -0.2) is 0 Å². The molecule has 0 aliphatic carbocycles. The number of benzene rings is 4. The van der Waals surface area contributed by atoms with Crippen LogP contribution in [0.15, 0.2) is 83.3 Å². The number of rotatable bonds is 2. The Morgan fingerprint density at radius 3 is 2.06 bits per heavy atom. The molecule has 4 aromatic carbocycles. The largest absolute Gasteiger partial charge is 0.456 e. The van der Waals surface area contributed by atoms with Gasteiger partial charge >= 0.3 is 0 Å². The van der Waals surface area contributed by atoms with Crippen molar-refractivity contribution >= 4 is 44.9 Å². The molecule has 1 saturated heterocycles. The molecule has 1 aliphatic rings. The Morgan fingerprint density at radius 1 is 0.656 bits per heavy atom. The van der Waals surface area contributed by atoms with Crippen LogP contribution in [-0.4, -0.2) is 6.71 Å². The van der Waals surface area contributed by atoms with Crippen LogP contribution in [0.2, 0.25) is 12.6 Å². The number of hydrogen-bond acceptors (Lipinski definition) is 1. The predicted molar refractivity (Wildman–Crippen MR) is 139 cm³/mol. The highest BCUT2D eigenvalue weighted by atomic mass is 16.3. The molecule has 1 aliphatic heterocycles. The van der Waals surface area contributed by atoms with Crippen molar-refractivity contribution < 1.29 is 4.42 Å². The van der Waals surface area contributed by atoms with Crippen molar-refractivity contribution in [2.75, 3.05) is 0 Å². The van der Waals surface area contributed by atoms with E-state index in [-0.39, 0.29) is 0 Å². The maximum absolute atomic E-state index is 6.18. The van der Waals surface area contributed by atoms with Crippen LogP contribution in [0.5, 0.6) is 0 Å². The van der Waals surface area contributed by atoms with Crippen molar-refractivity contribution in [3.63, 3.8) is 0 Å². The van der Waals surface area contributed by atoms with E-state index in [4.69, 9.17) is 4.42 Å². The lowest BCUT2D eigenvalue weighted by molar-refractivity contribution is 0.177. The monoisotopic (exact) mass is 416 g/mol. The van der Waals surface area contributed by atoms with Crippen LogP contribution in [0.4, 0.5) is 0 Å². The van der Waals surface area contributed by atoms with Gasteiger partial charge in [0.05, 0.1) is 0 Å². The fourth-order valence-corrected chi connectivity index (χ4v) is 5.77. The van der Waals surface area contributed by atoms with Gasteiger partial charge < -0.3 is 4.42 Å². The first-order valence-corrected chi connectivity index (χ1v) is 11.8. The molecule has 1 fully saturated rings. The minimum absolute atomic E-state index is 0.381. The van der Waals surface area contributed by atoms with E-state index in [1.807, 2.05) is 0 Å². The summed E-state index contributed by atoms with van der Waals surface area (Å²) in [5, 5.41) is 4.91. The Balaban J connectivity index is 1.41. The van der Waals surface area contributed by atoms with Gasteiger partial charge in [-0.3, -0.25) is 0 Å². The molecule has 0 radical (unpaired) electrons. The minimum Gasteiger partial charge on any atom is -0.456 e. The molecule has 2 heteroatoms. The van der Waals surface area contributed by atoms with Crippen LogP contribution >= 0.6 is 0 Å². The zero-order valence-electron chi connectivity index (χ0n) is 19.4. The zero-order valence-corrected chi connectivity index (χ0v) is 19.4. The second-order valence-electron chi connectivity index (χ2n) is 11.0. The van der Waals surface area contributed by atoms with Gasteiger partial charge in [0, 0.05) is 10.8 Å². The molecule has 32 heavy (non-hydrogen) atoms. The summed E-state index contributed by atoms with van der Waals surface area (Å²) in [5.74, 6) is 0. The molecular formula is C30H29BO. The molecule has 6 rings (SSSR count). The topological polar surface area (TPSA) is 13.1 Å². The van der Waals surface area contributed by atoms with E-state index in [1.54, 1.807) is 0 Å². The maximum Gasteiger partial charge on any atom is 0.176 e. The summed E-state index contributed by atoms with van der Waals surface area (Å²) in [6.07, 6.45) is 2.53. The predicted octanol–water partition coefficient (Wildman–Crippen LogP) is 8.17. The summed E-state index contributed by atoms with van der Waals surface area (Å²) in [4.78, 5) is 0.